The van der Waals surface area contributed by atoms with Crippen molar-refractivity contribution in [2.75, 3.05) is 50.6 Å². The van der Waals surface area contributed by atoms with Gasteiger partial charge in [-0.05, 0) is 64.0 Å². The molecule has 4 rings (SSSR count). The minimum absolute atomic E-state index is 0.135. The molecule has 0 aromatic carbocycles. The number of piperidine rings is 1. The molecule has 0 atom stereocenters. The fourth-order valence-corrected chi connectivity index (χ4v) is 4.39. The first-order chi connectivity index (χ1) is 17.1. The van der Waals surface area contributed by atoms with E-state index in [4.69, 9.17) is 14.7 Å². The van der Waals surface area contributed by atoms with Crippen LogP contribution in [0.4, 0.5) is 30.8 Å². The van der Waals surface area contributed by atoms with Crippen molar-refractivity contribution >= 4 is 28.6 Å². The van der Waals surface area contributed by atoms with Gasteiger partial charge in [-0.25, -0.2) is 9.97 Å². The van der Waals surface area contributed by atoms with Gasteiger partial charge in [0.05, 0.1) is 18.8 Å². The molecule has 0 spiro atoms. The molecule has 3 aromatic rings. The van der Waals surface area contributed by atoms with Gasteiger partial charge in [0.25, 0.3) is 0 Å². The van der Waals surface area contributed by atoms with Crippen LogP contribution in [-0.4, -0.2) is 82.2 Å². The summed E-state index contributed by atoms with van der Waals surface area (Å²) in [5.41, 5.74) is 3.07. The molecule has 1 N–H and O–H groups in total. The summed E-state index contributed by atoms with van der Waals surface area (Å²) in [5.74, 6) is 1.70. The molecule has 3 aromatic heterocycles. The number of nitrogens with one attached hydrogen (secondary N) is 1. The molecule has 12 heteroatoms. The lowest BCUT2D eigenvalue weighted by Crippen LogP contribution is -2.42. The minimum atomic E-state index is -4.37. The van der Waals surface area contributed by atoms with Crippen molar-refractivity contribution in [3.05, 3.63) is 29.6 Å². The maximum Gasteiger partial charge on any atom is 0.411 e. The van der Waals surface area contributed by atoms with Crippen LogP contribution >= 0.6 is 0 Å². The fourth-order valence-electron chi connectivity index (χ4n) is 4.39. The van der Waals surface area contributed by atoms with Crippen LogP contribution in [0.2, 0.25) is 0 Å². The summed E-state index contributed by atoms with van der Waals surface area (Å²) in [6.07, 6.45) is -0.0360. The zero-order chi connectivity index (χ0) is 25.9. The van der Waals surface area contributed by atoms with Gasteiger partial charge in [0.15, 0.2) is 5.82 Å². The number of pyridine rings is 1. The van der Waals surface area contributed by atoms with E-state index in [1.165, 1.54) is 0 Å². The highest BCUT2D eigenvalue weighted by Crippen LogP contribution is 2.30. The smallest absolute Gasteiger partial charge is 0.370 e. The minimum Gasteiger partial charge on any atom is -0.370 e. The van der Waals surface area contributed by atoms with Gasteiger partial charge >= 0.3 is 6.18 Å². The van der Waals surface area contributed by atoms with Gasteiger partial charge in [-0.15, -0.1) is 0 Å². The largest absolute Gasteiger partial charge is 0.411 e. The third-order valence-corrected chi connectivity index (χ3v) is 6.41. The van der Waals surface area contributed by atoms with E-state index in [1.807, 2.05) is 33.0 Å². The van der Waals surface area contributed by atoms with Gasteiger partial charge in [0.1, 0.15) is 23.5 Å². The van der Waals surface area contributed by atoms with E-state index in [0.717, 1.165) is 37.2 Å². The maximum absolute atomic E-state index is 12.5. The molecule has 36 heavy (non-hydrogen) atoms. The van der Waals surface area contributed by atoms with Gasteiger partial charge in [-0.3, -0.25) is 4.68 Å². The van der Waals surface area contributed by atoms with Crippen LogP contribution in [0, 0.1) is 6.92 Å². The third-order valence-electron chi connectivity index (χ3n) is 6.41. The quantitative estimate of drug-likeness (QED) is 0.437. The Bertz CT molecular complexity index is 1170. The number of anilines is 3. The molecule has 4 heterocycles. The molecular formula is C24H33F3N8O. The predicted octanol–water partition coefficient (Wildman–Crippen LogP) is 3.95. The topological polar surface area (TPSA) is 84.2 Å². The van der Waals surface area contributed by atoms with Gasteiger partial charge in [0, 0.05) is 19.3 Å². The van der Waals surface area contributed by atoms with Crippen molar-refractivity contribution in [2.45, 2.75) is 51.9 Å². The highest BCUT2D eigenvalue weighted by atomic mass is 19.4. The molecule has 1 aliphatic heterocycles. The summed E-state index contributed by atoms with van der Waals surface area (Å²) < 4.78 is 44.1. The zero-order valence-corrected chi connectivity index (χ0v) is 21.1. The van der Waals surface area contributed by atoms with E-state index in [-0.39, 0.29) is 13.2 Å². The summed E-state index contributed by atoms with van der Waals surface area (Å²) in [4.78, 5) is 18.6. The third kappa shape index (κ3) is 6.22. The number of likely N-dealkylation sites (tertiary alicyclic amines) is 1. The summed E-state index contributed by atoms with van der Waals surface area (Å²) in [5, 5.41) is 7.96. The molecule has 9 nitrogen and oxygen atoms in total. The molecule has 0 unspecified atom stereocenters. The number of hydrogen-bond acceptors (Lipinski definition) is 8. The number of hydrogen-bond donors (Lipinski definition) is 1. The Balaban J connectivity index is 1.72. The predicted molar refractivity (Wildman–Crippen MR) is 133 cm³/mol. The Kier molecular flexibility index (Phi) is 7.94. The maximum atomic E-state index is 12.5. The number of rotatable bonds is 9. The average Bonchev–Trinajstić information content (AvgIpc) is 3.19. The number of fused-ring (bicyclic) bond motifs is 1. The van der Waals surface area contributed by atoms with Crippen LogP contribution in [0.5, 0.6) is 0 Å². The molecule has 0 aliphatic carbocycles. The Morgan fingerprint density at radius 2 is 1.97 bits per heavy atom. The summed E-state index contributed by atoms with van der Waals surface area (Å²) in [6, 6.07) is 4.11. The number of alkyl halides is 3. The van der Waals surface area contributed by atoms with Gasteiger partial charge in [-0.2, -0.15) is 23.3 Å². The molecule has 0 amide bonds. The van der Waals surface area contributed by atoms with Crippen LogP contribution in [0.15, 0.2) is 18.3 Å². The van der Waals surface area contributed by atoms with Crippen LogP contribution < -0.4 is 10.2 Å². The summed E-state index contributed by atoms with van der Waals surface area (Å²) in [6.45, 7) is 4.66. The monoisotopic (exact) mass is 506 g/mol. The second-order valence-corrected chi connectivity index (χ2v) is 9.25. The van der Waals surface area contributed by atoms with Crippen molar-refractivity contribution < 1.29 is 17.9 Å². The lowest BCUT2D eigenvalue weighted by atomic mass is 10.0. The molecular weight excluding hydrogens is 473 g/mol. The van der Waals surface area contributed by atoms with E-state index >= 15 is 0 Å². The highest BCUT2D eigenvalue weighted by Gasteiger charge is 2.28. The van der Waals surface area contributed by atoms with Crippen molar-refractivity contribution in [3.8, 4) is 0 Å². The fraction of sp³-hybridized carbons (Fsp3) is 0.583. The second kappa shape index (κ2) is 11.0. The Hall–Kier alpha value is -2.99. The van der Waals surface area contributed by atoms with Crippen molar-refractivity contribution in [1.82, 2.24) is 29.6 Å². The zero-order valence-electron chi connectivity index (χ0n) is 21.1. The Morgan fingerprint density at radius 1 is 1.22 bits per heavy atom. The van der Waals surface area contributed by atoms with E-state index in [9.17, 15) is 13.2 Å². The van der Waals surface area contributed by atoms with Crippen molar-refractivity contribution in [2.24, 2.45) is 0 Å². The van der Waals surface area contributed by atoms with Crippen LogP contribution in [0.1, 0.15) is 31.0 Å². The highest BCUT2D eigenvalue weighted by molar-refractivity contribution is 5.90. The second-order valence-electron chi connectivity index (χ2n) is 9.25. The Morgan fingerprint density at radius 3 is 2.64 bits per heavy atom. The first-order valence-electron chi connectivity index (χ1n) is 12.2. The van der Waals surface area contributed by atoms with Gasteiger partial charge in [0.2, 0.25) is 5.95 Å². The molecule has 0 bridgehead atoms. The first-order valence-corrected chi connectivity index (χ1v) is 12.2. The normalized spacial score (nSPS) is 15.5. The molecule has 1 aliphatic rings. The van der Waals surface area contributed by atoms with Crippen molar-refractivity contribution in [1.29, 1.82) is 0 Å². The lowest BCUT2D eigenvalue weighted by molar-refractivity contribution is -0.174. The van der Waals surface area contributed by atoms with Gasteiger partial charge in [-0.1, -0.05) is 6.92 Å². The van der Waals surface area contributed by atoms with Crippen LogP contribution in [-0.2, 0) is 17.7 Å². The number of aryl methyl sites for hydroxylation is 2. The van der Waals surface area contributed by atoms with Gasteiger partial charge < -0.3 is 19.9 Å². The molecule has 0 saturated carbocycles. The first kappa shape index (κ1) is 26.1. The molecule has 0 radical (unpaired) electrons. The number of nitrogens with zero attached hydrogens (tertiary/aromatic N) is 7. The van der Waals surface area contributed by atoms with E-state index in [0.29, 0.717) is 41.1 Å². The average molecular weight is 507 g/mol. The molecule has 1 fully saturated rings. The summed E-state index contributed by atoms with van der Waals surface area (Å²) in [7, 11) is 4.13. The van der Waals surface area contributed by atoms with E-state index < -0.39 is 12.8 Å². The van der Waals surface area contributed by atoms with E-state index in [1.54, 1.807) is 10.9 Å². The lowest BCUT2D eigenvalue weighted by Gasteiger charge is -2.35. The van der Waals surface area contributed by atoms with Crippen LogP contribution in [0.3, 0.4) is 0 Å². The van der Waals surface area contributed by atoms with E-state index in [2.05, 4.69) is 32.2 Å². The van der Waals surface area contributed by atoms with Crippen molar-refractivity contribution in [3.63, 3.8) is 0 Å². The number of ether oxygens (including phenoxy) is 1. The molecule has 196 valence electrons. The standard InChI is InChI=1S/C24H33F3N8O/c1-5-18-20-21(35(32-18)12-13-36-15-24(25,26)27)22(29-19-14-16(2)6-9-28-19)31-23(30-20)34(4)17-7-10-33(3)11-8-17/h6,9,14,17H,5,7-8,10-13,15H2,1-4H3,(H,28,29,30,31). The van der Waals surface area contributed by atoms with Crippen LogP contribution in [0.25, 0.3) is 11.0 Å². The summed E-state index contributed by atoms with van der Waals surface area (Å²) >= 11 is 0. The SMILES string of the molecule is CCc1nn(CCOCC(F)(F)F)c2c(Nc3cc(C)ccn3)nc(N(C)C3CCN(C)CC3)nc12. The number of halogens is 3. The molecule has 1 saturated heterocycles. The Labute approximate surface area is 208 Å². The number of aromatic nitrogens is 5.